The number of aryl methyl sites for hydroxylation is 1. The second-order valence-electron chi connectivity index (χ2n) is 6.33. The molecular formula is C19H20F3N3O. The number of nitrogens with zero attached hydrogens (tertiary/aromatic N) is 2. The first-order chi connectivity index (χ1) is 13.1. The van der Waals surface area contributed by atoms with E-state index in [0.29, 0.717) is 19.5 Å². The first kappa shape index (κ1) is 15.7. The number of nitrogens with one attached hydrogen (secondary N) is 1. The number of rotatable bonds is 4. The summed E-state index contributed by atoms with van der Waals surface area (Å²) in [4.78, 5) is 18.7. The molecule has 1 aliphatic heterocycles. The summed E-state index contributed by atoms with van der Waals surface area (Å²) in [6.45, 7) is 3.14. The van der Waals surface area contributed by atoms with E-state index in [4.69, 9.17) is 2.74 Å². The third-order valence-electron chi connectivity index (χ3n) is 4.22. The van der Waals surface area contributed by atoms with Crippen LogP contribution in [0.1, 0.15) is 25.9 Å². The molecule has 2 heterocycles. The Morgan fingerprint density at radius 1 is 1.35 bits per heavy atom. The smallest absolute Gasteiger partial charge is 0.368 e. The number of hydrogen-bond acceptors (Lipinski definition) is 3. The Kier molecular flexibility index (Phi) is 4.43. The van der Waals surface area contributed by atoms with Gasteiger partial charge in [0.1, 0.15) is 0 Å². The number of alkyl halides is 3. The average Bonchev–Trinajstić information content (AvgIpc) is 3.09. The van der Waals surface area contributed by atoms with Crippen molar-refractivity contribution in [2.24, 2.45) is 0 Å². The molecule has 1 fully saturated rings. The van der Waals surface area contributed by atoms with Crippen molar-refractivity contribution in [3.05, 3.63) is 59.4 Å². The first-order valence-corrected chi connectivity index (χ1v) is 8.22. The maximum absolute atomic E-state index is 12.7. The van der Waals surface area contributed by atoms with Gasteiger partial charge in [0.05, 0.1) is 23.8 Å². The Bertz CT molecular complexity index is 856. The maximum atomic E-state index is 12.7. The number of amides is 1. The van der Waals surface area contributed by atoms with E-state index in [0.717, 1.165) is 35.5 Å². The van der Waals surface area contributed by atoms with Crippen molar-refractivity contribution < 1.29 is 20.7 Å². The summed E-state index contributed by atoms with van der Waals surface area (Å²) in [5.74, 6) is -0.860. The molecule has 138 valence electrons. The molecular weight excluding hydrogens is 343 g/mol. The van der Waals surface area contributed by atoms with Crippen molar-refractivity contribution in [2.75, 3.05) is 18.0 Å². The quantitative estimate of drug-likeness (QED) is 0.904. The van der Waals surface area contributed by atoms with E-state index in [1.165, 1.54) is 0 Å². The molecule has 0 bridgehead atoms. The Balaban J connectivity index is 1.65. The highest BCUT2D eigenvalue weighted by Crippen LogP contribution is 2.29. The van der Waals surface area contributed by atoms with Crippen LogP contribution in [0.25, 0.3) is 0 Å². The Labute approximate surface area is 152 Å². The summed E-state index contributed by atoms with van der Waals surface area (Å²) in [6.07, 6.45) is -2.81. The van der Waals surface area contributed by atoms with Crippen LogP contribution in [-0.2, 0) is 17.3 Å². The minimum Gasteiger partial charge on any atom is -0.368 e. The topological polar surface area (TPSA) is 45.2 Å². The summed E-state index contributed by atoms with van der Waals surface area (Å²) in [6, 6.07) is 5.30. The molecule has 7 heteroatoms. The predicted octanol–water partition coefficient (Wildman–Crippen LogP) is 3.35. The molecule has 4 nitrogen and oxygen atoms in total. The maximum Gasteiger partial charge on any atom is 0.416 e. The van der Waals surface area contributed by atoms with Crippen LogP contribution in [0.2, 0.25) is 0 Å². The molecule has 1 aromatic carbocycles. The van der Waals surface area contributed by atoms with Crippen molar-refractivity contribution in [1.82, 2.24) is 10.3 Å². The zero-order chi connectivity index (χ0) is 20.5. The van der Waals surface area contributed by atoms with Crippen molar-refractivity contribution in [1.29, 1.82) is 0 Å². The van der Waals surface area contributed by atoms with E-state index in [1.54, 1.807) is 12.4 Å². The van der Waals surface area contributed by atoms with E-state index in [9.17, 15) is 18.0 Å². The summed E-state index contributed by atoms with van der Waals surface area (Å²) in [5.41, 5.74) is 0.951. The van der Waals surface area contributed by atoms with Crippen LogP contribution in [-0.4, -0.2) is 30.0 Å². The fourth-order valence-corrected chi connectivity index (χ4v) is 2.92. The Morgan fingerprint density at radius 2 is 2.08 bits per heavy atom. The van der Waals surface area contributed by atoms with Gasteiger partial charge in [-0.2, -0.15) is 13.2 Å². The molecule has 0 spiro atoms. The van der Waals surface area contributed by atoms with Crippen LogP contribution in [0.5, 0.6) is 0 Å². The van der Waals surface area contributed by atoms with E-state index >= 15 is 0 Å². The highest BCUT2D eigenvalue weighted by molar-refractivity contribution is 5.79. The van der Waals surface area contributed by atoms with Crippen LogP contribution < -0.4 is 10.2 Å². The van der Waals surface area contributed by atoms with E-state index in [2.05, 4.69) is 15.2 Å². The molecule has 0 radical (unpaired) electrons. The number of carbonyl (C=O) groups is 1. The molecule has 1 atom stereocenters. The molecule has 2 aromatic rings. The molecule has 1 saturated heterocycles. The molecule has 26 heavy (non-hydrogen) atoms. The number of anilines is 1. The van der Waals surface area contributed by atoms with Gasteiger partial charge in [-0.25, -0.2) is 0 Å². The van der Waals surface area contributed by atoms with Gasteiger partial charge in [0.25, 0.3) is 0 Å². The number of aromatic nitrogens is 1. The lowest BCUT2D eigenvalue weighted by atomic mass is 10.1. The lowest BCUT2D eigenvalue weighted by molar-refractivity contribution is -0.137. The minimum absolute atomic E-state index is 0.115. The van der Waals surface area contributed by atoms with E-state index in [1.807, 2.05) is 13.0 Å². The first-order valence-electron chi connectivity index (χ1n) is 9.22. The van der Waals surface area contributed by atoms with Crippen LogP contribution in [0.15, 0.2) is 42.7 Å². The van der Waals surface area contributed by atoms with Gasteiger partial charge in [-0.1, -0.05) is 12.1 Å². The van der Waals surface area contributed by atoms with Crippen LogP contribution in [0, 0.1) is 6.92 Å². The highest BCUT2D eigenvalue weighted by Gasteiger charge is 2.30. The fourth-order valence-electron chi connectivity index (χ4n) is 2.92. The van der Waals surface area contributed by atoms with Gasteiger partial charge in [0.15, 0.2) is 0 Å². The van der Waals surface area contributed by atoms with Gasteiger partial charge in [0.2, 0.25) is 5.91 Å². The average molecular weight is 365 g/mol. The van der Waals surface area contributed by atoms with E-state index < -0.39 is 24.0 Å². The van der Waals surface area contributed by atoms with Crippen LogP contribution in [0.3, 0.4) is 0 Å². The molecule has 1 N–H and O–H groups in total. The summed E-state index contributed by atoms with van der Waals surface area (Å²) in [5, 5.41) is 2.68. The second-order valence-corrected chi connectivity index (χ2v) is 6.33. The largest absolute Gasteiger partial charge is 0.416 e. The van der Waals surface area contributed by atoms with Gasteiger partial charge in [-0.3, -0.25) is 9.78 Å². The fraction of sp³-hybridized carbons (Fsp3) is 0.368. The normalized spacial score (nSPS) is 19.1. The summed E-state index contributed by atoms with van der Waals surface area (Å²) >= 11 is 0. The van der Waals surface area contributed by atoms with Gasteiger partial charge < -0.3 is 10.2 Å². The zero-order valence-corrected chi connectivity index (χ0v) is 14.2. The highest BCUT2D eigenvalue weighted by atomic mass is 19.4. The van der Waals surface area contributed by atoms with E-state index in [-0.39, 0.29) is 11.6 Å². The minimum atomic E-state index is -4.51. The van der Waals surface area contributed by atoms with Gasteiger partial charge in [0, 0.05) is 28.1 Å². The van der Waals surface area contributed by atoms with Crippen LogP contribution in [0.4, 0.5) is 18.9 Å². The number of pyridine rings is 1. The Morgan fingerprint density at radius 3 is 2.73 bits per heavy atom. The molecule has 0 aliphatic carbocycles. The molecule has 1 aliphatic rings. The second kappa shape index (κ2) is 7.35. The molecule has 1 amide bonds. The van der Waals surface area contributed by atoms with Crippen molar-refractivity contribution in [3.8, 4) is 0 Å². The standard InChI is InChI=1S/C19H20F3N3O/c1-13-8-17(11-23-10-13)25-7-6-16(12-25)24-18(26)9-14-2-4-15(5-3-14)19(20,21)22/h2-5,8,10-11,16H,6-7,9,12H2,1H3,(H,24,26)/t16-/m1/s1/i9D2. The molecule has 0 saturated carbocycles. The summed E-state index contributed by atoms with van der Waals surface area (Å²) < 4.78 is 54.1. The number of benzene rings is 1. The summed E-state index contributed by atoms with van der Waals surface area (Å²) in [7, 11) is 0. The molecule has 1 aromatic heterocycles. The third-order valence-corrected chi connectivity index (χ3v) is 4.22. The monoisotopic (exact) mass is 365 g/mol. The number of halogens is 3. The lowest BCUT2D eigenvalue weighted by Gasteiger charge is -2.19. The third kappa shape index (κ3) is 4.53. The van der Waals surface area contributed by atoms with Gasteiger partial charge in [-0.15, -0.1) is 0 Å². The van der Waals surface area contributed by atoms with Gasteiger partial charge in [-0.05, 0) is 42.7 Å². The lowest BCUT2D eigenvalue weighted by Crippen LogP contribution is -2.38. The van der Waals surface area contributed by atoms with Crippen LogP contribution >= 0.6 is 0 Å². The zero-order valence-electron chi connectivity index (χ0n) is 16.2. The number of hydrogen-bond donors (Lipinski definition) is 1. The van der Waals surface area contributed by atoms with Crippen molar-refractivity contribution in [2.45, 2.75) is 31.9 Å². The SMILES string of the molecule is [2H]C([2H])(C(=O)N[C@@H]1CCN(c2cncc(C)c2)C1)c1ccc(C(F)(F)F)cc1. The van der Waals surface area contributed by atoms with Crippen molar-refractivity contribution in [3.63, 3.8) is 0 Å². The van der Waals surface area contributed by atoms with Gasteiger partial charge >= 0.3 is 6.18 Å². The predicted molar refractivity (Wildman–Crippen MR) is 92.9 cm³/mol. The number of carbonyl (C=O) groups excluding carboxylic acids is 1. The molecule has 3 rings (SSSR count). The molecule has 0 unspecified atom stereocenters. The van der Waals surface area contributed by atoms with Crippen molar-refractivity contribution >= 4 is 11.6 Å². The Hall–Kier alpha value is -2.57.